The Labute approximate surface area is 84.8 Å². The van der Waals surface area contributed by atoms with E-state index < -0.39 is 15.6 Å². The number of sulfone groups is 1. The maximum atomic E-state index is 11.1. The molecule has 1 aliphatic rings. The molecule has 14 heavy (non-hydrogen) atoms. The zero-order valence-corrected chi connectivity index (χ0v) is 9.56. The van der Waals surface area contributed by atoms with Gasteiger partial charge in [0.15, 0.2) is 15.6 Å². The van der Waals surface area contributed by atoms with Crippen LogP contribution in [0.5, 0.6) is 0 Å². The molecule has 1 rings (SSSR count). The largest absolute Gasteiger partial charge is 0.348 e. The van der Waals surface area contributed by atoms with Gasteiger partial charge in [0.05, 0.1) is 12.7 Å². The van der Waals surface area contributed by atoms with Crippen LogP contribution in [0.1, 0.15) is 20.3 Å². The minimum Gasteiger partial charge on any atom is -0.348 e. The van der Waals surface area contributed by atoms with Crippen LogP contribution in [0, 0.1) is 0 Å². The highest BCUT2D eigenvalue weighted by Crippen LogP contribution is 2.26. The fourth-order valence-electron chi connectivity index (χ4n) is 1.27. The second kappa shape index (κ2) is 3.64. The molecule has 1 heterocycles. The standard InChI is InChI=1S/C9H16O4S/c1-7(14(4,10)11)5-8-6-12-9(2,3)13-8/h8H,1,5-6H2,2-4H3/t8-/m1/s1. The molecule has 0 N–H and O–H groups in total. The summed E-state index contributed by atoms with van der Waals surface area (Å²) < 4.78 is 32.9. The molecular weight excluding hydrogens is 204 g/mol. The van der Waals surface area contributed by atoms with Crippen LogP contribution in [0.25, 0.3) is 0 Å². The molecule has 1 atom stereocenters. The van der Waals surface area contributed by atoms with E-state index in [2.05, 4.69) is 6.58 Å². The predicted octanol–water partition coefficient (Wildman–Crippen LogP) is 1.09. The highest BCUT2D eigenvalue weighted by molar-refractivity contribution is 7.94. The van der Waals surface area contributed by atoms with E-state index in [1.54, 1.807) is 13.8 Å². The first-order valence-corrected chi connectivity index (χ1v) is 6.29. The third-order valence-electron chi connectivity index (χ3n) is 2.05. The van der Waals surface area contributed by atoms with Gasteiger partial charge in [-0.1, -0.05) is 6.58 Å². The Morgan fingerprint density at radius 1 is 1.57 bits per heavy atom. The Morgan fingerprint density at radius 2 is 2.14 bits per heavy atom. The van der Waals surface area contributed by atoms with Gasteiger partial charge in [-0.25, -0.2) is 8.42 Å². The minimum absolute atomic E-state index is 0.198. The van der Waals surface area contributed by atoms with E-state index in [9.17, 15) is 8.42 Å². The zero-order chi connectivity index (χ0) is 11.0. The van der Waals surface area contributed by atoms with E-state index in [-0.39, 0.29) is 11.0 Å². The molecule has 0 saturated carbocycles. The summed E-state index contributed by atoms with van der Waals surface area (Å²) >= 11 is 0. The Hall–Kier alpha value is -0.390. The molecule has 82 valence electrons. The van der Waals surface area contributed by atoms with E-state index >= 15 is 0 Å². The first kappa shape index (κ1) is 11.7. The molecule has 0 spiro atoms. The molecule has 0 aromatic heterocycles. The molecule has 0 aromatic rings. The number of rotatable bonds is 3. The van der Waals surface area contributed by atoms with Crippen molar-refractivity contribution in [2.45, 2.75) is 32.2 Å². The highest BCUT2D eigenvalue weighted by atomic mass is 32.2. The van der Waals surface area contributed by atoms with E-state index in [0.717, 1.165) is 6.26 Å². The summed E-state index contributed by atoms with van der Waals surface area (Å²) in [7, 11) is -3.16. The van der Waals surface area contributed by atoms with E-state index in [0.29, 0.717) is 13.0 Å². The molecule has 0 radical (unpaired) electrons. The number of hydrogen-bond acceptors (Lipinski definition) is 4. The highest BCUT2D eigenvalue weighted by Gasteiger charge is 2.33. The van der Waals surface area contributed by atoms with Crippen molar-refractivity contribution >= 4 is 9.84 Å². The third-order valence-corrected chi connectivity index (χ3v) is 3.26. The molecular formula is C9H16O4S. The van der Waals surface area contributed by atoms with E-state index in [4.69, 9.17) is 9.47 Å². The molecule has 0 aliphatic carbocycles. The Balaban J connectivity index is 2.53. The Morgan fingerprint density at radius 3 is 2.50 bits per heavy atom. The van der Waals surface area contributed by atoms with Gasteiger partial charge in [-0.2, -0.15) is 0 Å². The average molecular weight is 220 g/mol. The molecule has 0 unspecified atom stereocenters. The zero-order valence-electron chi connectivity index (χ0n) is 8.74. The van der Waals surface area contributed by atoms with Crippen molar-refractivity contribution in [2.75, 3.05) is 12.9 Å². The number of hydrogen-bond donors (Lipinski definition) is 0. The predicted molar refractivity (Wildman–Crippen MR) is 53.5 cm³/mol. The van der Waals surface area contributed by atoms with E-state index in [1.807, 2.05) is 0 Å². The van der Waals surface area contributed by atoms with Crippen molar-refractivity contribution in [3.63, 3.8) is 0 Å². The van der Waals surface area contributed by atoms with Crippen LogP contribution >= 0.6 is 0 Å². The average Bonchev–Trinajstić information content (AvgIpc) is 2.28. The van der Waals surface area contributed by atoms with Crippen LogP contribution in [0.2, 0.25) is 0 Å². The maximum Gasteiger partial charge on any atom is 0.171 e. The topological polar surface area (TPSA) is 52.6 Å². The van der Waals surface area contributed by atoms with Gasteiger partial charge in [0, 0.05) is 17.6 Å². The van der Waals surface area contributed by atoms with Gasteiger partial charge in [-0.05, 0) is 13.8 Å². The second-order valence-corrected chi connectivity index (χ2v) is 6.09. The molecule has 4 nitrogen and oxygen atoms in total. The van der Waals surface area contributed by atoms with Crippen molar-refractivity contribution in [3.05, 3.63) is 11.5 Å². The van der Waals surface area contributed by atoms with Gasteiger partial charge < -0.3 is 9.47 Å². The fourth-order valence-corrected chi connectivity index (χ4v) is 1.76. The lowest BCUT2D eigenvalue weighted by molar-refractivity contribution is -0.137. The van der Waals surface area contributed by atoms with Crippen molar-refractivity contribution in [1.29, 1.82) is 0 Å². The monoisotopic (exact) mass is 220 g/mol. The van der Waals surface area contributed by atoms with Gasteiger partial charge in [0.25, 0.3) is 0 Å². The summed E-state index contributed by atoms with van der Waals surface area (Å²) in [5.74, 6) is -0.609. The Bertz CT molecular complexity index is 329. The lowest BCUT2D eigenvalue weighted by Gasteiger charge is -2.17. The first-order chi connectivity index (χ1) is 6.21. The van der Waals surface area contributed by atoms with Crippen LogP contribution < -0.4 is 0 Å². The molecule has 1 fully saturated rings. The Kier molecular flexibility index (Phi) is 3.04. The van der Waals surface area contributed by atoms with Gasteiger partial charge >= 0.3 is 0 Å². The van der Waals surface area contributed by atoms with Gasteiger partial charge in [0.2, 0.25) is 0 Å². The summed E-state index contributed by atoms with van der Waals surface area (Å²) in [6.45, 7) is 7.54. The first-order valence-electron chi connectivity index (χ1n) is 4.40. The molecule has 0 amide bonds. The molecule has 0 aromatic carbocycles. The summed E-state index contributed by atoms with van der Waals surface area (Å²) in [5.41, 5.74) is 0. The van der Waals surface area contributed by atoms with Crippen LogP contribution in [-0.2, 0) is 19.3 Å². The summed E-state index contributed by atoms with van der Waals surface area (Å²) in [5, 5.41) is 0. The second-order valence-electron chi connectivity index (χ2n) is 3.97. The number of ether oxygens (including phenoxy) is 2. The van der Waals surface area contributed by atoms with Crippen LogP contribution in [0.15, 0.2) is 11.5 Å². The molecule has 1 saturated heterocycles. The van der Waals surface area contributed by atoms with E-state index in [1.165, 1.54) is 0 Å². The molecule has 1 aliphatic heterocycles. The van der Waals surface area contributed by atoms with Gasteiger partial charge in [-0.3, -0.25) is 0 Å². The van der Waals surface area contributed by atoms with Crippen molar-refractivity contribution in [1.82, 2.24) is 0 Å². The minimum atomic E-state index is -3.16. The third kappa shape index (κ3) is 3.08. The smallest absolute Gasteiger partial charge is 0.171 e. The maximum absolute atomic E-state index is 11.1. The lowest BCUT2D eigenvalue weighted by Crippen LogP contribution is -2.22. The summed E-state index contributed by atoms with van der Waals surface area (Å²) in [6, 6.07) is 0. The van der Waals surface area contributed by atoms with Gasteiger partial charge in [-0.15, -0.1) is 0 Å². The van der Waals surface area contributed by atoms with Crippen LogP contribution in [0.3, 0.4) is 0 Å². The molecule has 0 bridgehead atoms. The fraction of sp³-hybridized carbons (Fsp3) is 0.778. The molecule has 5 heteroatoms. The lowest BCUT2D eigenvalue weighted by atomic mass is 10.3. The van der Waals surface area contributed by atoms with Crippen LogP contribution in [-0.4, -0.2) is 33.2 Å². The summed E-state index contributed by atoms with van der Waals surface area (Å²) in [4.78, 5) is 0.198. The van der Waals surface area contributed by atoms with Crippen molar-refractivity contribution in [2.24, 2.45) is 0 Å². The van der Waals surface area contributed by atoms with Gasteiger partial charge in [0.1, 0.15) is 0 Å². The normalized spacial score (nSPS) is 26.4. The SMILES string of the molecule is C=C(C[C@@H]1COC(C)(C)O1)S(C)(=O)=O. The quantitative estimate of drug-likeness (QED) is 0.714. The summed E-state index contributed by atoms with van der Waals surface area (Å²) in [6.07, 6.45) is 1.26. The van der Waals surface area contributed by atoms with Crippen molar-refractivity contribution < 1.29 is 17.9 Å². The van der Waals surface area contributed by atoms with Crippen LogP contribution in [0.4, 0.5) is 0 Å². The van der Waals surface area contributed by atoms with Crippen molar-refractivity contribution in [3.8, 4) is 0 Å².